The number of hydrogen-bond donors (Lipinski definition) is 1. The third-order valence-electron chi connectivity index (χ3n) is 3.98. The van der Waals surface area contributed by atoms with Crippen molar-refractivity contribution < 1.29 is 9.21 Å². The molecule has 1 N–H and O–H groups in total. The Morgan fingerprint density at radius 3 is 2.68 bits per heavy atom. The summed E-state index contributed by atoms with van der Waals surface area (Å²) in [5.74, 6) is 1.21. The Morgan fingerprint density at radius 2 is 1.95 bits per heavy atom. The quantitative estimate of drug-likeness (QED) is 0.934. The molecule has 118 valence electrons. The third kappa shape index (κ3) is 2.92. The predicted molar refractivity (Wildman–Crippen MR) is 85.2 cm³/mol. The molecular formula is C16H21N3O2S. The Kier molecular flexibility index (Phi) is 4.29. The Labute approximate surface area is 134 Å². The van der Waals surface area contributed by atoms with E-state index in [0.717, 1.165) is 17.7 Å². The van der Waals surface area contributed by atoms with Gasteiger partial charge in [-0.25, -0.2) is 0 Å². The van der Waals surface area contributed by atoms with Crippen molar-refractivity contribution in [3.63, 3.8) is 0 Å². The van der Waals surface area contributed by atoms with Crippen molar-refractivity contribution in [1.29, 1.82) is 0 Å². The normalized spacial score (nSPS) is 15.6. The molecule has 5 nitrogen and oxygen atoms in total. The summed E-state index contributed by atoms with van der Waals surface area (Å²) in [4.78, 5) is 13.3. The fraction of sp³-hybridized carbons (Fsp3) is 0.562. The first-order chi connectivity index (χ1) is 10.6. The van der Waals surface area contributed by atoms with E-state index in [9.17, 15) is 4.79 Å². The zero-order valence-electron chi connectivity index (χ0n) is 13.2. The van der Waals surface area contributed by atoms with Crippen molar-refractivity contribution in [1.82, 2.24) is 15.5 Å². The fourth-order valence-corrected chi connectivity index (χ4v) is 3.75. The molecule has 0 saturated carbocycles. The standard InChI is InChI=1S/C16H21N3O2S/c1-9(2)15-18-19-16(21-15)10(3)17-14(20)13-12-7-5-4-6-11(12)8-22-13/h8-10H,4-7H2,1-3H3,(H,17,20)/t10-/m1/s1. The monoisotopic (exact) mass is 319 g/mol. The van der Waals surface area contributed by atoms with Crippen LogP contribution >= 0.6 is 11.3 Å². The average molecular weight is 319 g/mol. The Bertz CT molecular complexity index is 675. The lowest BCUT2D eigenvalue weighted by molar-refractivity contribution is 0.0937. The van der Waals surface area contributed by atoms with Crippen LogP contribution in [-0.4, -0.2) is 16.1 Å². The first-order valence-corrected chi connectivity index (χ1v) is 8.67. The smallest absolute Gasteiger partial charge is 0.262 e. The number of rotatable bonds is 4. The highest BCUT2D eigenvalue weighted by Crippen LogP contribution is 2.30. The summed E-state index contributed by atoms with van der Waals surface area (Å²) in [5, 5.41) is 13.1. The third-order valence-corrected chi connectivity index (χ3v) is 5.05. The van der Waals surface area contributed by atoms with Crippen molar-refractivity contribution in [2.24, 2.45) is 0 Å². The molecule has 0 unspecified atom stereocenters. The van der Waals surface area contributed by atoms with E-state index in [2.05, 4.69) is 20.9 Å². The van der Waals surface area contributed by atoms with Crippen LogP contribution in [0.15, 0.2) is 9.80 Å². The Hall–Kier alpha value is -1.69. The number of aryl methyl sites for hydroxylation is 1. The fourth-order valence-electron chi connectivity index (χ4n) is 2.69. The number of aromatic nitrogens is 2. The van der Waals surface area contributed by atoms with Crippen molar-refractivity contribution in [3.8, 4) is 0 Å². The maximum atomic E-state index is 12.5. The van der Waals surface area contributed by atoms with Crippen LogP contribution in [0.5, 0.6) is 0 Å². The van der Waals surface area contributed by atoms with Gasteiger partial charge in [0.2, 0.25) is 11.8 Å². The van der Waals surface area contributed by atoms with Gasteiger partial charge < -0.3 is 9.73 Å². The van der Waals surface area contributed by atoms with Crippen molar-refractivity contribution >= 4 is 17.2 Å². The van der Waals surface area contributed by atoms with E-state index in [0.29, 0.717) is 11.8 Å². The van der Waals surface area contributed by atoms with Gasteiger partial charge in [0.05, 0.1) is 4.88 Å². The molecule has 0 aromatic carbocycles. The Balaban J connectivity index is 1.72. The van der Waals surface area contributed by atoms with Crippen LogP contribution in [0.4, 0.5) is 0 Å². The minimum Gasteiger partial charge on any atom is -0.423 e. The molecule has 2 heterocycles. The lowest BCUT2D eigenvalue weighted by atomic mass is 9.94. The number of nitrogens with one attached hydrogen (secondary N) is 1. The van der Waals surface area contributed by atoms with E-state index in [-0.39, 0.29) is 17.9 Å². The van der Waals surface area contributed by atoms with E-state index in [1.165, 1.54) is 24.0 Å². The second-order valence-electron chi connectivity index (χ2n) is 6.10. The SMILES string of the molecule is CC(C)c1nnc([C@@H](C)NC(=O)c2scc3c2CCCC3)o1. The van der Waals surface area contributed by atoms with E-state index >= 15 is 0 Å². The van der Waals surface area contributed by atoms with Gasteiger partial charge in [-0.2, -0.15) is 0 Å². The molecule has 1 aliphatic rings. The van der Waals surface area contributed by atoms with Gasteiger partial charge >= 0.3 is 0 Å². The van der Waals surface area contributed by atoms with Crippen molar-refractivity contribution in [2.75, 3.05) is 0 Å². The number of carbonyl (C=O) groups excluding carboxylic acids is 1. The van der Waals surface area contributed by atoms with Gasteiger partial charge in [0.1, 0.15) is 6.04 Å². The molecule has 1 amide bonds. The maximum absolute atomic E-state index is 12.5. The Morgan fingerprint density at radius 1 is 1.23 bits per heavy atom. The minimum absolute atomic E-state index is 0.0371. The van der Waals surface area contributed by atoms with Crippen LogP contribution in [0, 0.1) is 0 Å². The summed E-state index contributed by atoms with van der Waals surface area (Å²) in [6, 6.07) is -0.283. The molecule has 22 heavy (non-hydrogen) atoms. The van der Waals surface area contributed by atoms with Crippen LogP contribution in [-0.2, 0) is 12.8 Å². The highest BCUT2D eigenvalue weighted by atomic mass is 32.1. The summed E-state index contributed by atoms with van der Waals surface area (Å²) in [6.07, 6.45) is 4.49. The van der Waals surface area contributed by atoms with Gasteiger partial charge in [-0.15, -0.1) is 21.5 Å². The highest BCUT2D eigenvalue weighted by Gasteiger charge is 2.23. The van der Waals surface area contributed by atoms with Gasteiger partial charge in [-0.1, -0.05) is 13.8 Å². The number of fused-ring (bicyclic) bond motifs is 1. The van der Waals surface area contributed by atoms with Crippen molar-refractivity contribution in [2.45, 2.75) is 58.4 Å². The second-order valence-corrected chi connectivity index (χ2v) is 6.98. The van der Waals surface area contributed by atoms with Gasteiger partial charge in [-0.05, 0) is 49.1 Å². The van der Waals surface area contributed by atoms with E-state index in [1.54, 1.807) is 11.3 Å². The predicted octanol–water partition coefficient (Wildman–Crippen LogP) is 3.62. The first kappa shape index (κ1) is 15.2. The molecule has 1 aliphatic carbocycles. The molecular weight excluding hydrogens is 298 g/mol. The van der Waals surface area contributed by atoms with Crippen LogP contribution < -0.4 is 5.32 Å². The molecule has 2 aromatic heterocycles. The van der Waals surface area contributed by atoms with Gasteiger partial charge in [0.25, 0.3) is 5.91 Å². The molecule has 2 aromatic rings. The van der Waals surface area contributed by atoms with Crippen LogP contribution in [0.25, 0.3) is 0 Å². The molecule has 0 fully saturated rings. The number of hydrogen-bond acceptors (Lipinski definition) is 5. The maximum Gasteiger partial charge on any atom is 0.262 e. The van der Waals surface area contributed by atoms with E-state index < -0.39 is 0 Å². The molecule has 0 bridgehead atoms. The van der Waals surface area contributed by atoms with Gasteiger partial charge in [0, 0.05) is 5.92 Å². The molecule has 0 spiro atoms. The van der Waals surface area contributed by atoms with Crippen LogP contribution in [0.2, 0.25) is 0 Å². The number of carbonyl (C=O) groups is 1. The molecule has 3 rings (SSSR count). The number of nitrogens with zero attached hydrogens (tertiary/aromatic N) is 2. The lowest BCUT2D eigenvalue weighted by Crippen LogP contribution is -2.27. The lowest BCUT2D eigenvalue weighted by Gasteiger charge is -2.14. The number of thiophene rings is 1. The minimum atomic E-state index is -0.283. The summed E-state index contributed by atoms with van der Waals surface area (Å²) in [5.41, 5.74) is 2.57. The zero-order valence-corrected chi connectivity index (χ0v) is 14.0. The summed E-state index contributed by atoms with van der Waals surface area (Å²) in [7, 11) is 0. The molecule has 0 aliphatic heterocycles. The molecule has 0 saturated heterocycles. The van der Waals surface area contributed by atoms with Gasteiger partial charge in [0.15, 0.2) is 0 Å². The van der Waals surface area contributed by atoms with Crippen LogP contribution in [0.3, 0.4) is 0 Å². The highest BCUT2D eigenvalue weighted by molar-refractivity contribution is 7.12. The van der Waals surface area contributed by atoms with E-state index in [1.807, 2.05) is 20.8 Å². The zero-order chi connectivity index (χ0) is 15.7. The second kappa shape index (κ2) is 6.20. The topological polar surface area (TPSA) is 68.0 Å². The van der Waals surface area contributed by atoms with Crippen molar-refractivity contribution in [3.05, 3.63) is 33.2 Å². The largest absolute Gasteiger partial charge is 0.423 e. The average Bonchev–Trinajstić information content (AvgIpc) is 3.14. The molecule has 0 radical (unpaired) electrons. The number of amides is 1. The molecule has 1 atom stereocenters. The summed E-state index contributed by atoms with van der Waals surface area (Å²) in [6.45, 7) is 5.87. The first-order valence-electron chi connectivity index (χ1n) is 7.79. The van der Waals surface area contributed by atoms with E-state index in [4.69, 9.17) is 4.42 Å². The summed E-state index contributed by atoms with van der Waals surface area (Å²) >= 11 is 1.54. The van der Waals surface area contributed by atoms with Gasteiger partial charge in [-0.3, -0.25) is 4.79 Å². The van der Waals surface area contributed by atoms with Crippen LogP contribution in [0.1, 0.15) is 78.2 Å². The molecule has 6 heteroatoms. The summed E-state index contributed by atoms with van der Waals surface area (Å²) < 4.78 is 5.60.